The highest BCUT2D eigenvalue weighted by atomic mass is 32.2. The molecule has 3 rings (SSSR count). The molecule has 2 N–H and O–H groups in total. The van der Waals surface area contributed by atoms with Crippen LogP contribution in [-0.2, 0) is 10.3 Å². The second-order valence-corrected chi connectivity index (χ2v) is 6.11. The van der Waals surface area contributed by atoms with E-state index >= 15 is 0 Å². The number of anilines is 1. The number of hydrogen-bond acceptors (Lipinski definition) is 5. The Morgan fingerprint density at radius 3 is 2.39 bits per heavy atom. The number of amidine groups is 1. The number of amides is 1. The third-order valence-electron chi connectivity index (χ3n) is 3.76. The molecule has 1 aliphatic heterocycles. The van der Waals surface area contributed by atoms with Crippen molar-refractivity contribution in [3.8, 4) is 5.75 Å². The monoisotopic (exact) mass is 327 g/mol. The third-order valence-corrected chi connectivity index (χ3v) is 4.40. The second kappa shape index (κ2) is 5.96. The number of thioether (sulfide) groups is 1. The van der Waals surface area contributed by atoms with E-state index in [2.05, 4.69) is 10.4 Å². The van der Waals surface area contributed by atoms with Gasteiger partial charge in [0.25, 0.3) is 5.91 Å². The summed E-state index contributed by atoms with van der Waals surface area (Å²) in [5, 5.41) is 11.5. The molecule has 1 heterocycles. The smallest absolute Gasteiger partial charge is 0.279 e. The maximum atomic E-state index is 13.0. The highest BCUT2D eigenvalue weighted by Gasteiger charge is 2.46. The molecule has 0 aliphatic carbocycles. The molecule has 118 valence electrons. The zero-order valence-electron chi connectivity index (χ0n) is 12.9. The fraction of sp³-hybridized carbons (Fsp3) is 0.176. The molecule has 6 heteroatoms. The van der Waals surface area contributed by atoms with Crippen molar-refractivity contribution in [1.82, 2.24) is 5.01 Å². The van der Waals surface area contributed by atoms with Crippen molar-refractivity contribution in [3.63, 3.8) is 0 Å². The molecule has 0 saturated carbocycles. The molecule has 0 bridgehead atoms. The Balaban J connectivity index is 1.94. The molecular formula is C17H17N3O2S. The van der Waals surface area contributed by atoms with Crippen molar-refractivity contribution < 1.29 is 9.90 Å². The van der Waals surface area contributed by atoms with Crippen LogP contribution in [0.2, 0.25) is 0 Å². The highest BCUT2D eigenvalue weighted by molar-refractivity contribution is 8.13. The molecule has 2 aromatic rings. The molecule has 5 nitrogen and oxygen atoms in total. The predicted octanol–water partition coefficient (Wildman–Crippen LogP) is 3.20. The summed E-state index contributed by atoms with van der Waals surface area (Å²) >= 11 is 1.41. The first-order chi connectivity index (χ1) is 11.0. The number of carbonyl (C=O) groups excluding carboxylic acids is 1. The van der Waals surface area contributed by atoms with E-state index in [0.29, 0.717) is 5.17 Å². The van der Waals surface area contributed by atoms with E-state index in [4.69, 9.17) is 0 Å². The lowest BCUT2D eigenvalue weighted by Gasteiger charge is -2.24. The molecule has 0 fully saturated rings. The lowest BCUT2D eigenvalue weighted by molar-refractivity contribution is -0.129. The summed E-state index contributed by atoms with van der Waals surface area (Å²) in [5.74, 6) is 0.00697. The number of hydrogen-bond donors (Lipinski definition) is 2. The van der Waals surface area contributed by atoms with E-state index < -0.39 is 5.54 Å². The number of para-hydroxylation sites is 1. The lowest BCUT2D eigenvalue weighted by Crippen LogP contribution is -2.42. The zero-order chi connectivity index (χ0) is 16.4. The molecule has 1 amide bonds. The number of nitrogens with one attached hydrogen (secondary N) is 1. The van der Waals surface area contributed by atoms with Gasteiger partial charge in [-0.2, -0.15) is 5.01 Å². The maximum Gasteiger partial charge on any atom is 0.279 e. The molecule has 0 saturated heterocycles. The van der Waals surface area contributed by atoms with Crippen molar-refractivity contribution in [2.75, 3.05) is 11.7 Å². The first kappa shape index (κ1) is 15.4. The third kappa shape index (κ3) is 2.77. The Kier molecular flexibility index (Phi) is 4.00. The number of hydrazine groups is 1. The molecule has 2 aromatic carbocycles. The largest absolute Gasteiger partial charge is 0.508 e. The molecule has 0 radical (unpaired) electrons. The van der Waals surface area contributed by atoms with E-state index in [9.17, 15) is 9.90 Å². The van der Waals surface area contributed by atoms with Crippen LogP contribution in [0.5, 0.6) is 5.75 Å². The highest BCUT2D eigenvalue weighted by Crippen LogP contribution is 2.36. The Morgan fingerprint density at radius 2 is 1.78 bits per heavy atom. The number of nitrogens with zero attached hydrogens (tertiary/aromatic N) is 2. The van der Waals surface area contributed by atoms with Gasteiger partial charge in [-0.1, -0.05) is 42.1 Å². The maximum absolute atomic E-state index is 13.0. The number of rotatable bonds is 3. The first-order valence-corrected chi connectivity index (χ1v) is 8.36. The van der Waals surface area contributed by atoms with Crippen molar-refractivity contribution in [3.05, 3.63) is 60.2 Å². The number of aliphatic imine (C=N–C) groups is 1. The molecule has 0 spiro atoms. The zero-order valence-corrected chi connectivity index (χ0v) is 13.7. The van der Waals surface area contributed by atoms with Gasteiger partial charge in [-0.15, -0.1) is 0 Å². The summed E-state index contributed by atoms with van der Waals surface area (Å²) in [7, 11) is 0. The van der Waals surface area contributed by atoms with Crippen LogP contribution in [0.3, 0.4) is 0 Å². The van der Waals surface area contributed by atoms with Crippen LogP contribution >= 0.6 is 11.8 Å². The van der Waals surface area contributed by atoms with Crippen molar-refractivity contribution in [2.24, 2.45) is 4.99 Å². The van der Waals surface area contributed by atoms with E-state index in [1.165, 1.54) is 16.8 Å². The summed E-state index contributed by atoms with van der Waals surface area (Å²) in [5.41, 5.74) is 3.66. The number of phenolic OH excluding ortho intramolecular Hbond substituents is 1. The Labute approximate surface area is 139 Å². The van der Waals surface area contributed by atoms with Gasteiger partial charge in [0.15, 0.2) is 10.7 Å². The van der Waals surface area contributed by atoms with Gasteiger partial charge in [-0.3, -0.25) is 10.2 Å². The quantitative estimate of drug-likeness (QED) is 0.909. The van der Waals surface area contributed by atoms with Gasteiger partial charge < -0.3 is 5.11 Å². The fourth-order valence-corrected chi connectivity index (χ4v) is 3.03. The van der Waals surface area contributed by atoms with E-state index in [-0.39, 0.29) is 11.7 Å². The SMILES string of the molecule is CSC1=N[C@](C)(c2ccc(O)cc2)C(=O)N1Nc1ccccc1. The van der Waals surface area contributed by atoms with Gasteiger partial charge in [-0.05, 0) is 43.0 Å². The summed E-state index contributed by atoms with van der Waals surface area (Å²) in [4.78, 5) is 17.6. The van der Waals surface area contributed by atoms with Crippen LogP contribution in [0, 0.1) is 0 Å². The average molecular weight is 327 g/mol. The predicted molar refractivity (Wildman–Crippen MR) is 93.3 cm³/mol. The standard InChI is InChI=1S/C17H17N3O2S/c1-17(12-8-10-14(21)11-9-12)15(22)20(16(18-17)23-2)19-13-6-4-3-5-7-13/h3-11,19,21H,1-2H3/t17-/m1/s1. The van der Waals surface area contributed by atoms with Crippen LogP contribution in [-0.4, -0.2) is 27.4 Å². The van der Waals surface area contributed by atoms with Gasteiger partial charge in [0.05, 0.1) is 5.69 Å². The van der Waals surface area contributed by atoms with Gasteiger partial charge >= 0.3 is 0 Å². The second-order valence-electron chi connectivity index (χ2n) is 5.34. The van der Waals surface area contributed by atoms with Crippen molar-refractivity contribution in [1.29, 1.82) is 0 Å². The van der Waals surface area contributed by atoms with Crippen LogP contribution in [0.15, 0.2) is 59.6 Å². The number of carbonyl (C=O) groups is 1. The molecule has 0 unspecified atom stereocenters. The Morgan fingerprint density at radius 1 is 1.13 bits per heavy atom. The summed E-state index contributed by atoms with van der Waals surface area (Å²) in [6, 6.07) is 16.1. The molecule has 1 aliphatic rings. The van der Waals surface area contributed by atoms with E-state index in [1.807, 2.05) is 36.6 Å². The summed E-state index contributed by atoms with van der Waals surface area (Å²) in [6.07, 6.45) is 1.88. The number of phenols is 1. The molecule has 23 heavy (non-hydrogen) atoms. The minimum atomic E-state index is -1.01. The molecular weight excluding hydrogens is 310 g/mol. The summed E-state index contributed by atoms with van der Waals surface area (Å²) < 4.78 is 0. The molecule has 1 atom stereocenters. The Hall–Kier alpha value is -2.47. The van der Waals surface area contributed by atoms with Gasteiger partial charge in [0, 0.05) is 0 Å². The van der Waals surface area contributed by atoms with Gasteiger partial charge in [0.2, 0.25) is 0 Å². The normalized spacial score (nSPS) is 20.5. The number of aromatic hydroxyl groups is 1. The topological polar surface area (TPSA) is 64.9 Å². The minimum absolute atomic E-state index is 0.156. The van der Waals surface area contributed by atoms with Crippen molar-refractivity contribution >= 4 is 28.5 Å². The van der Waals surface area contributed by atoms with Gasteiger partial charge in [0.1, 0.15) is 5.75 Å². The average Bonchev–Trinajstić information content (AvgIpc) is 2.82. The van der Waals surface area contributed by atoms with E-state index in [0.717, 1.165) is 11.3 Å². The van der Waals surface area contributed by atoms with Crippen LogP contribution in [0.4, 0.5) is 5.69 Å². The number of benzene rings is 2. The lowest BCUT2D eigenvalue weighted by atomic mass is 9.92. The van der Waals surface area contributed by atoms with Crippen LogP contribution < -0.4 is 5.43 Å². The first-order valence-electron chi connectivity index (χ1n) is 7.14. The van der Waals surface area contributed by atoms with Crippen molar-refractivity contribution in [2.45, 2.75) is 12.5 Å². The Bertz CT molecular complexity index is 746. The van der Waals surface area contributed by atoms with Crippen LogP contribution in [0.1, 0.15) is 12.5 Å². The molecule has 0 aromatic heterocycles. The summed E-state index contributed by atoms with van der Waals surface area (Å²) in [6.45, 7) is 1.78. The van der Waals surface area contributed by atoms with Crippen LogP contribution in [0.25, 0.3) is 0 Å². The van der Waals surface area contributed by atoms with E-state index in [1.54, 1.807) is 31.2 Å². The fourth-order valence-electron chi connectivity index (χ4n) is 2.44. The minimum Gasteiger partial charge on any atom is -0.508 e. The van der Waals surface area contributed by atoms with Gasteiger partial charge in [-0.25, -0.2) is 4.99 Å².